The van der Waals surface area contributed by atoms with E-state index in [9.17, 15) is 17.8 Å². The van der Waals surface area contributed by atoms with Gasteiger partial charge in [0.05, 0.1) is 4.90 Å². The minimum absolute atomic E-state index is 0.101. The highest BCUT2D eigenvalue weighted by Gasteiger charge is 2.17. The fraction of sp³-hybridized carbons (Fsp3) is 0.368. The summed E-state index contributed by atoms with van der Waals surface area (Å²) < 4.78 is 37.7. The molecule has 1 amide bonds. The molecule has 27 heavy (non-hydrogen) atoms. The number of nitrogens with zero attached hydrogens (tertiary/aromatic N) is 1. The molecule has 7 nitrogen and oxygen atoms in total. The summed E-state index contributed by atoms with van der Waals surface area (Å²) in [5.41, 5.74) is 1.47. The maximum Gasteiger partial charge on any atom is 0.413 e. The van der Waals surface area contributed by atoms with E-state index in [1.54, 1.807) is 51.1 Å². The van der Waals surface area contributed by atoms with Gasteiger partial charge in [0.1, 0.15) is 11.4 Å². The first kappa shape index (κ1) is 20.9. The van der Waals surface area contributed by atoms with Crippen LogP contribution in [0, 0.1) is 6.92 Å². The summed E-state index contributed by atoms with van der Waals surface area (Å²) in [6.45, 7) is 7.15. The van der Waals surface area contributed by atoms with Crippen LogP contribution in [-0.4, -0.2) is 29.6 Å². The van der Waals surface area contributed by atoms with E-state index in [4.69, 9.17) is 4.74 Å². The number of aryl methyl sites for hydroxylation is 3. The lowest BCUT2D eigenvalue weighted by molar-refractivity contribution is 0.0635. The van der Waals surface area contributed by atoms with Crippen molar-refractivity contribution in [2.24, 2.45) is 0 Å². The number of anilines is 1. The van der Waals surface area contributed by atoms with Crippen molar-refractivity contribution < 1.29 is 22.5 Å². The fourth-order valence-corrected chi connectivity index (χ4v) is 3.25. The van der Waals surface area contributed by atoms with Crippen LogP contribution in [0.2, 0.25) is 0 Å². The topological polar surface area (TPSA) is 106 Å². The normalized spacial score (nSPS) is 11.9. The fourth-order valence-electron chi connectivity index (χ4n) is 2.51. The zero-order valence-electron chi connectivity index (χ0n) is 15.8. The van der Waals surface area contributed by atoms with E-state index in [2.05, 4.69) is 10.3 Å². The van der Waals surface area contributed by atoms with Crippen LogP contribution in [-0.2, 0) is 27.7 Å². The second kappa shape index (κ2) is 8.06. The molecule has 0 unspecified atom stereocenters. The zero-order chi connectivity index (χ0) is 20.2. The molecule has 0 aliphatic carbocycles. The van der Waals surface area contributed by atoms with Crippen molar-refractivity contribution in [3.63, 3.8) is 0 Å². The number of ether oxygens (including phenoxy) is 1. The molecule has 0 spiro atoms. The summed E-state index contributed by atoms with van der Waals surface area (Å²) in [4.78, 5) is 16.1. The Bertz CT molecular complexity index is 933. The number of benzene rings is 1. The van der Waals surface area contributed by atoms with Gasteiger partial charge >= 0.3 is 6.09 Å². The number of aromatic nitrogens is 1. The molecule has 0 aliphatic heterocycles. The first-order valence-electron chi connectivity index (χ1n) is 8.47. The Morgan fingerprint density at radius 3 is 2.52 bits per heavy atom. The van der Waals surface area contributed by atoms with Crippen LogP contribution >= 0.6 is 0 Å². The number of pyridine rings is 1. The Morgan fingerprint density at radius 1 is 1.19 bits per heavy atom. The van der Waals surface area contributed by atoms with Crippen molar-refractivity contribution in [2.75, 3.05) is 5.32 Å². The summed E-state index contributed by atoms with van der Waals surface area (Å²) in [7, 11) is -4.29. The first-order valence-corrected chi connectivity index (χ1v) is 9.91. The van der Waals surface area contributed by atoms with Crippen LogP contribution < -0.4 is 5.32 Å². The molecule has 0 radical (unpaired) electrons. The Labute approximate surface area is 159 Å². The minimum atomic E-state index is -4.29. The molecular weight excluding hydrogens is 368 g/mol. The highest BCUT2D eigenvalue weighted by Crippen LogP contribution is 2.19. The highest BCUT2D eigenvalue weighted by atomic mass is 32.2. The van der Waals surface area contributed by atoms with Crippen LogP contribution in [0.5, 0.6) is 0 Å². The van der Waals surface area contributed by atoms with Gasteiger partial charge in [-0.05, 0) is 64.3 Å². The smallest absolute Gasteiger partial charge is 0.413 e. The van der Waals surface area contributed by atoms with Crippen molar-refractivity contribution in [1.82, 2.24) is 4.98 Å². The molecule has 0 bridgehead atoms. The van der Waals surface area contributed by atoms with Gasteiger partial charge < -0.3 is 4.74 Å². The van der Waals surface area contributed by atoms with E-state index in [0.717, 1.165) is 5.56 Å². The van der Waals surface area contributed by atoms with E-state index in [1.807, 2.05) is 6.92 Å². The van der Waals surface area contributed by atoms with Crippen LogP contribution in [0.3, 0.4) is 0 Å². The molecule has 0 saturated heterocycles. The van der Waals surface area contributed by atoms with Gasteiger partial charge in [0.25, 0.3) is 10.1 Å². The molecule has 1 heterocycles. The van der Waals surface area contributed by atoms with E-state index in [0.29, 0.717) is 29.9 Å². The maximum atomic E-state index is 11.8. The number of carbonyl (C=O) groups excluding carboxylic acids is 1. The van der Waals surface area contributed by atoms with E-state index < -0.39 is 21.8 Å². The molecule has 8 heteroatoms. The standard InChI is InChI=1S/C19H24N2O5S/c1-13-8-11-16(27(23,24)25)14(12-13)9-10-15-6-5-7-17(20-15)21-18(22)26-19(2,3)4/h5-8,11-12H,9-10H2,1-4H3,(H,20,21,22)(H,23,24,25). The lowest BCUT2D eigenvalue weighted by atomic mass is 10.1. The van der Waals surface area contributed by atoms with Crippen molar-refractivity contribution in [2.45, 2.75) is 51.0 Å². The Kier molecular flexibility index (Phi) is 6.22. The molecule has 0 atom stereocenters. The summed E-state index contributed by atoms with van der Waals surface area (Å²) in [5, 5.41) is 2.57. The Balaban J connectivity index is 2.12. The molecule has 1 aromatic carbocycles. The lowest BCUT2D eigenvalue weighted by Crippen LogP contribution is -2.27. The summed E-state index contributed by atoms with van der Waals surface area (Å²) in [6, 6.07) is 9.93. The molecule has 2 rings (SSSR count). The van der Waals surface area contributed by atoms with Gasteiger partial charge in [-0.3, -0.25) is 9.87 Å². The molecule has 2 aromatic rings. The van der Waals surface area contributed by atoms with E-state index >= 15 is 0 Å². The SMILES string of the molecule is Cc1ccc(S(=O)(=O)O)c(CCc2cccc(NC(=O)OC(C)(C)C)n2)c1. The van der Waals surface area contributed by atoms with Gasteiger partial charge in [0, 0.05) is 5.69 Å². The summed E-state index contributed by atoms with van der Waals surface area (Å²) in [5.74, 6) is 0.348. The van der Waals surface area contributed by atoms with Gasteiger partial charge in [-0.15, -0.1) is 0 Å². The second-order valence-electron chi connectivity index (χ2n) is 7.23. The van der Waals surface area contributed by atoms with Gasteiger partial charge in [0.2, 0.25) is 0 Å². The van der Waals surface area contributed by atoms with Crippen molar-refractivity contribution in [1.29, 1.82) is 0 Å². The Morgan fingerprint density at radius 2 is 1.89 bits per heavy atom. The van der Waals surface area contributed by atoms with Crippen LogP contribution in [0.15, 0.2) is 41.3 Å². The number of hydrogen-bond acceptors (Lipinski definition) is 5. The molecule has 0 fully saturated rings. The average molecular weight is 392 g/mol. The number of carbonyl (C=O) groups is 1. The third-order valence-electron chi connectivity index (χ3n) is 3.58. The lowest BCUT2D eigenvalue weighted by Gasteiger charge is -2.19. The molecule has 0 saturated carbocycles. The molecular formula is C19H24N2O5S. The van der Waals surface area contributed by atoms with Gasteiger partial charge in [-0.2, -0.15) is 8.42 Å². The Hall–Kier alpha value is -2.45. The quantitative estimate of drug-likeness (QED) is 0.751. The minimum Gasteiger partial charge on any atom is -0.444 e. The van der Waals surface area contributed by atoms with E-state index in [-0.39, 0.29) is 4.90 Å². The predicted molar refractivity (Wildman–Crippen MR) is 102 cm³/mol. The van der Waals surface area contributed by atoms with Gasteiger partial charge in [0.15, 0.2) is 0 Å². The van der Waals surface area contributed by atoms with Crippen molar-refractivity contribution in [3.8, 4) is 0 Å². The summed E-state index contributed by atoms with van der Waals surface area (Å²) in [6.07, 6.45) is 0.217. The van der Waals surface area contributed by atoms with Crippen molar-refractivity contribution >= 4 is 22.0 Å². The van der Waals surface area contributed by atoms with Gasteiger partial charge in [-0.1, -0.05) is 23.8 Å². The number of rotatable bonds is 5. The predicted octanol–water partition coefficient (Wildman–Crippen LogP) is 3.77. The second-order valence-corrected chi connectivity index (χ2v) is 8.62. The largest absolute Gasteiger partial charge is 0.444 e. The molecule has 1 aromatic heterocycles. The maximum absolute atomic E-state index is 11.8. The van der Waals surface area contributed by atoms with Crippen molar-refractivity contribution in [3.05, 3.63) is 53.2 Å². The number of amides is 1. The average Bonchev–Trinajstić information content (AvgIpc) is 2.50. The molecule has 2 N–H and O–H groups in total. The van der Waals surface area contributed by atoms with Gasteiger partial charge in [-0.25, -0.2) is 9.78 Å². The van der Waals surface area contributed by atoms with Crippen LogP contribution in [0.25, 0.3) is 0 Å². The first-order chi connectivity index (χ1) is 12.4. The monoisotopic (exact) mass is 392 g/mol. The third kappa shape index (κ3) is 6.65. The zero-order valence-corrected chi connectivity index (χ0v) is 16.6. The summed E-state index contributed by atoms with van der Waals surface area (Å²) >= 11 is 0. The third-order valence-corrected chi connectivity index (χ3v) is 4.53. The van der Waals surface area contributed by atoms with E-state index in [1.165, 1.54) is 6.07 Å². The molecule has 146 valence electrons. The highest BCUT2D eigenvalue weighted by molar-refractivity contribution is 7.85. The van der Waals surface area contributed by atoms with Crippen LogP contribution in [0.4, 0.5) is 10.6 Å². The van der Waals surface area contributed by atoms with Crippen LogP contribution in [0.1, 0.15) is 37.6 Å². The number of hydrogen-bond donors (Lipinski definition) is 2. The number of nitrogens with one attached hydrogen (secondary N) is 1. The molecule has 0 aliphatic rings.